The van der Waals surface area contributed by atoms with E-state index >= 15 is 0 Å². The van der Waals surface area contributed by atoms with Crippen molar-refractivity contribution in [3.8, 4) is 0 Å². The van der Waals surface area contributed by atoms with Gasteiger partial charge < -0.3 is 19.7 Å². The van der Waals surface area contributed by atoms with Crippen molar-refractivity contribution in [2.24, 2.45) is 0 Å². The zero-order valence-electron chi connectivity index (χ0n) is 10.6. The zero-order valence-corrected chi connectivity index (χ0v) is 10.6. The number of carbonyl (C=O) groups excluding carboxylic acids is 1. The van der Waals surface area contributed by atoms with E-state index < -0.39 is 0 Å². The van der Waals surface area contributed by atoms with Crippen LogP contribution >= 0.6 is 0 Å². The van der Waals surface area contributed by atoms with Crippen LogP contribution in [0.5, 0.6) is 0 Å². The molecule has 2 rings (SSSR count). The van der Waals surface area contributed by atoms with Crippen LogP contribution in [-0.4, -0.2) is 62.9 Å². The number of methoxy groups -OCH3 is 2. The van der Waals surface area contributed by atoms with Gasteiger partial charge in [-0.05, 0) is 19.4 Å². The summed E-state index contributed by atoms with van der Waals surface area (Å²) in [7, 11) is 3.34. The summed E-state index contributed by atoms with van der Waals surface area (Å²) in [6.07, 6.45) is 3.27. The zero-order chi connectivity index (χ0) is 12.3. The first-order valence-electron chi connectivity index (χ1n) is 6.34. The molecule has 2 saturated heterocycles. The number of amides is 1. The van der Waals surface area contributed by atoms with Gasteiger partial charge in [-0.15, -0.1) is 0 Å². The molecule has 0 spiro atoms. The number of nitrogens with one attached hydrogen (secondary N) is 1. The fourth-order valence-electron chi connectivity index (χ4n) is 2.66. The molecule has 3 atom stereocenters. The molecule has 1 N–H and O–H groups in total. The van der Waals surface area contributed by atoms with Gasteiger partial charge in [-0.3, -0.25) is 4.79 Å². The second-order valence-electron chi connectivity index (χ2n) is 4.79. The van der Waals surface area contributed by atoms with Gasteiger partial charge in [0.05, 0.1) is 6.04 Å². The van der Waals surface area contributed by atoms with E-state index in [1.807, 2.05) is 4.90 Å². The van der Waals surface area contributed by atoms with Crippen LogP contribution < -0.4 is 5.32 Å². The van der Waals surface area contributed by atoms with Crippen LogP contribution in [0.15, 0.2) is 0 Å². The lowest BCUT2D eigenvalue weighted by Gasteiger charge is -2.27. The van der Waals surface area contributed by atoms with Gasteiger partial charge in [-0.25, -0.2) is 0 Å². The molecule has 2 aliphatic heterocycles. The fraction of sp³-hybridized carbons (Fsp3) is 0.917. The highest BCUT2D eigenvalue weighted by Crippen LogP contribution is 2.18. The molecule has 0 saturated carbocycles. The van der Waals surface area contributed by atoms with Gasteiger partial charge >= 0.3 is 0 Å². The molecule has 0 bridgehead atoms. The number of nitrogens with zero attached hydrogens (tertiary/aromatic N) is 1. The first-order chi connectivity index (χ1) is 8.26. The highest BCUT2D eigenvalue weighted by Gasteiger charge is 2.37. The van der Waals surface area contributed by atoms with Crippen molar-refractivity contribution in [1.29, 1.82) is 0 Å². The van der Waals surface area contributed by atoms with Gasteiger partial charge in [0.25, 0.3) is 0 Å². The topological polar surface area (TPSA) is 50.8 Å². The second-order valence-corrected chi connectivity index (χ2v) is 4.79. The second kappa shape index (κ2) is 5.80. The van der Waals surface area contributed by atoms with Crippen molar-refractivity contribution in [3.05, 3.63) is 0 Å². The van der Waals surface area contributed by atoms with Gasteiger partial charge in [0.15, 0.2) is 0 Å². The maximum absolute atomic E-state index is 12.3. The lowest BCUT2D eigenvalue weighted by atomic mass is 10.0. The van der Waals surface area contributed by atoms with Crippen LogP contribution in [0.1, 0.15) is 19.3 Å². The normalized spacial score (nSPS) is 34.0. The minimum atomic E-state index is -0.00291. The lowest BCUT2D eigenvalue weighted by molar-refractivity contribution is -0.133. The Morgan fingerprint density at radius 2 is 1.82 bits per heavy atom. The van der Waals surface area contributed by atoms with Gasteiger partial charge in [-0.1, -0.05) is 6.42 Å². The molecular weight excluding hydrogens is 220 g/mol. The summed E-state index contributed by atoms with van der Waals surface area (Å²) in [4.78, 5) is 14.1. The SMILES string of the molecule is CO[C@@H]1CN(C(=O)[C@H]2CCCCN2)C[C@H]1OC. The summed E-state index contributed by atoms with van der Waals surface area (Å²) in [5.74, 6) is 0.200. The van der Waals surface area contributed by atoms with Crippen LogP contribution in [0.3, 0.4) is 0 Å². The summed E-state index contributed by atoms with van der Waals surface area (Å²) < 4.78 is 10.7. The van der Waals surface area contributed by atoms with E-state index in [0.29, 0.717) is 13.1 Å². The van der Waals surface area contributed by atoms with Crippen LogP contribution in [0.4, 0.5) is 0 Å². The van der Waals surface area contributed by atoms with Gasteiger partial charge in [-0.2, -0.15) is 0 Å². The molecule has 0 aromatic carbocycles. The van der Waals surface area contributed by atoms with E-state index in [2.05, 4.69) is 5.32 Å². The van der Waals surface area contributed by atoms with E-state index in [4.69, 9.17) is 9.47 Å². The highest BCUT2D eigenvalue weighted by atomic mass is 16.5. The molecule has 0 unspecified atom stereocenters. The molecule has 1 amide bonds. The summed E-state index contributed by atoms with van der Waals surface area (Å²) in [6, 6.07) is -0.00291. The Morgan fingerprint density at radius 1 is 1.18 bits per heavy atom. The lowest BCUT2D eigenvalue weighted by Crippen LogP contribution is -2.48. The molecule has 98 valence electrons. The third-order valence-corrected chi connectivity index (χ3v) is 3.74. The Kier molecular flexibility index (Phi) is 4.36. The van der Waals surface area contributed by atoms with Gasteiger partial charge in [0.2, 0.25) is 5.91 Å². The van der Waals surface area contributed by atoms with Crippen molar-refractivity contribution in [1.82, 2.24) is 10.2 Å². The Balaban J connectivity index is 1.92. The van der Waals surface area contributed by atoms with Gasteiger partial charge in [0, 0.05) is 27.3 Å². The summed E-state index contributed by atoms with van der Waals surface area (Å²) in [5, 5.41) is 3.29. The highest BCUT2D eigenvalue weighted by molar-refractivity contribution is 5.82. The molecule has 0 aliphatic carbocycles. The standard InChI is InChI=1S/C12H22N2O3/c1-16-10-7-14(8-11(10)17-2)12(15)9-5-3-4-6-13-9/h9-11,13H,3-8H2,1-2H3/t9-,10-,11-/m1/s1. The molecule has 5 nitrogen and oxygen atoms in total. The molecule has 0 aromatic rings. The summed E-state index contributed by atoms with van der Waals surface area (Å²) in [6.45, 7) is 2.24. The number of hydrogen-bond donors (Lipinski definition) is 1. The fourth-order valence-corrected chi connectivity index (χ4v) is 2.66. The molecule has 2 fully saturated rings. The van der Waals surface area contributed by atoms with Crippen molar-refractivity contribution < 1.29 is 14.3 Å². The largest absolute Gasteiger partial charge is 0.377 e. The first-order valence-corrected chi connectivity index (χ1v) is 6.34. The third-order valence-electron chi connectivity index (χ3n) is 3.74. The smallest absolute Gasteiger partial charge is 0.239 e. The summed E-state index contributed by atoms with van der Waals surface area (Å²) in [5.41, 5.74) is 0. The number of rotatable bonds is 3. The van der Waals surface area contributed by atoms with Crippen LogP contribution in [0.25, 0.3) is 0 Å². The summed E-state index contributed by atoms with van der Waals surface area (Å²) >= 11 is 0. The number of piperidine rings is 1. The minimum absolute atomic E-state index is 0.00291. The Labute approximate surface area is 102 Å². The van der Waals surface area contributed by atoms with Crippen molar-refractivity contribution >= 4 is 5.91 Å². The van der Waals surface area contributed by atoms with E-state index in [0.717, 1.165) is 19.4 Å². The molecule has 2 aliphatic rings. The predicted molar refractivity (Wildman–Crippen MR) is 63.8 cm³/mol. The van der Waals surface area contributed by atoms with Crippen molar-refractivity contribution in [3.63, 3.8) is 0 Å². The predicted octanol–water partition coefficient (Wildman–Crippen LogP) is 0.000700. The van der Waals surface area contributed by atoms with E-state index in [1.165, 1.54) is 6.42 Å². The van der Waals surface area contributed by atoms with Crippen LogP contribution in [-0.2, 0) is 14.3 Å². The molecule has 5 heteroatoms. The monoisotopic (exact) mass is 242 g/mol. The van der Waals surface area contributed by atoms with E-state index in [1.54, 1.807) is 14.2 Å². The number of hydrogen-bond acceptors (Lipinski definition) is 4. The number of likely N-dealkylation sites (tertiary alicyclic amines) is 1. The Hall–Kier alpha value is -0.650. The maximum Gasteiger partial charge on any atom is 0.239 e. The average Bonchev–Trinajstić information content (AvgIpc) is 2.82. The number of ether oxygens (including phenoxy) is 2. The van der Waals surface area contributed by atoms with Crippen molar-refractivity contribution in [2.45, 2.75) is 37.5 Å². The average molecular weight is 242 g/mol. The van der Waals surface area contributed by atoms with Crippen LogP contribution in [0, 0.1) is 0 Å². The van der Waals surface area contributed by atoms with Crippen molar-refractivity contribution in [2.75, 3.05) is 33.9 Å². The Morgan fingerprint density at radius 3 is 2.29 bits per heavy atom. The molecule has 2 heterocycles. The van der Waals surface area contributed by atoms with Crippen LogP contribution in [0.2, 0.25) is 0 Å². The number of carbonyl (C=O) groups is 1. The third kappa shape index (κ3) is 2.78. The molecule has 0 aromatic heterocycles. The van der Waals surface area contributed by atoms with Gasteiger partial charge in [0.1, 0.15) is 12.2 Å². The molecule has 17 heavy (non-hydrogen) atoms. The Bertz CT molecular complexity index is 254. The van der Waals surface area contributed by atoms with E-state index in [9.17, 15) is 4.79 Å². The maximum atomic E-state index is 12.3. The van der Waals surface area contributed by atoms with E-state index in [-0.39, 0.29) is 24.2 Å². The molecule has 0 radical (unpaired) electrons. The minimum Gasteiger partial charge on any atom is -0.377 e. The quantitative estimate of drug-likeness (QED) is 0.757. The first kappa shape index (κ1) is 12.8. The molecular formula is C12H22N2O3.